The van der Waals surface area contributed by atoms with Gasteiger partial charge in [0.05, 0.1) is 11.9 Å². The maximum atomic E-state index is 4.71. The zero-order chi connectivity index (χ0) is 14.1. The Balaban J connectivity index is 1.56. The van der Waals surface area contributed by atoms with Crippen LogP contribution in [-0.2, 0) is 6.54 Å². The molecule has 0 atom stereocenters. The summed E-state index contributed by atoms with van der Waals surface area (Å²) in [5, 5.41) is 9.03. The number of aromatic nitrogens is 3. The van der Waals surface area contributed by atoms with Crippen molar-refractivity contribution in [3.8, 4) is 10.6 Å². The van der Waals surface area contributed by atoms with Gasteiger partial charge in [0.1, 0.15) is 5.01 Å². The van der Waals surface area contributed by atoms with Crippen LogP contribution in [0.5, 0.6) is 0 Å². The fraction of sp³-hybridized carbons (Fsp3) is 0.333. The van der Waals surface area contributed by atoms with Crippen LogP contribution in [0.15, 0.2) is 36.5 Å². The molecular weight excluding hydrogens is 282 g/mol. The van der Waals surface area contributed by atoms with E-state index >= 15 is 0 Å². The van der Waals surface area contributed by atoms with E-state index in [0.717, 1.165) is 53.9 Å². The van der Waals surface area contributed by atoms with Crippen LogP contribution < -0.4 is 5.32 Å². The van der Waals surface area contributed by atoms with E-state index in [1.165, 1.54) is 0 Å². The first-order valence-electron chi connectivity index (χ1n) is 7.22. The quantitative estimate of drug-likeness (QED) is 0.802. The average Bonchev–Trinajstić information content (AvgIpc) is 3.07. The first-order chi connectivity index (χ1) is 10.4. The number of nitrogens with zero attached hydrogens (tertiary/aromatic N) is 4. The summed E-state index contributed by atoms with van der Waals surface area (Å²) in [6.45, 7) is 5.23. The van der Waals surface area contributed by atoms with Crippen LogP contribution in [0.2, 0.25) is 0 Å². The molecule has 3 aromatic rings. The van der Waals surface area contributed by atoms with Gasteiger partial charge in [0.2, 0.25) is 4.96 Å². The zero-order valence-electron chi connectivity index (χ0n) is 11.7. The lowest BCUT2D eigenvalue weighted by Gasteiger charge is -2.26. The largest absolute Gasteiger partial charge is 0.314 e. The van der Waals surface area contributed by atoms with Crippen LogP contribution in [0, 0.1) is 0 Å². The van der Waals surface area contributed by atoms with Gasteiger partial charge < -0.3 is 5.32 Å². The third-order valence-corrected chi connectivity index (χ3v) is 4.68. The summed E-state index contributed by atoms with van der Waals surface area (Å²) < 4.78 is 1.91. The number of hydrogen-bond donors (Lipinski definition) is 1. The number of hydrogen-bond acceptors (Lipinski definition) is 5. The molecule has 6 heteroatoms. The van der Waals surface area contributed by atoms with E-state index in [-0.39, 0.29) is 0 Å². The maximum absolute atomic E-state index is 4.71. The molecular formula is C15H17N5S. The lowest BCUT2D eigenvalue weighted by atomic mass is 10.2. The van der Waals surface area contributed by atoms with Gasteiger partial charge in [0.15, 0.2) is 0 Å². The topological polar surface area (TPSA) is 45.5 Å². The molecule has 2 aromatic heterocycles. The summed E-state index contributed by atoms with van der Waals surface area (Å²) in [6, 6.07) is 10.3. The molecule has 1 N–H and O–H groups in total. The standard InChI is InChI=1S/C15H17N5S/c1-2-4-12(5-3-1)14-18-20-11-13(17-15(20)21-14)10-19-8-6-16-7-9-19/h1-5,11,16H,6-10H2. The molecule has 0 saturated carbocycles. The molecule has 0 aliphatic carbocycles. The van der Waals surface area contributed by atoms with E-state index in [1.54, 1.807) is 11.3 Å². The van der Waals surface area contributed by atoms with Crippen molar-refractivity contribution in [1.29, 1.82) is 0 Å². The second kappa shape index (κ2) is 5.55. The molecule has 0 unspecified atom stereocenters. The van der Waals surface area contributed by atoms with Gasteiger partial charge in [-0.1, -0.05) is 41.7 Å². The summed E-state index contributed by atoms with van der Waals surface area (Å²) >= 11 is 1.64. The number of fused-ring (bicyclic) bond motifs is 1. The van der Waals surface area contributed by atoms with Gasteiger partial charge >= 0.3 is 0 Å². The molecule has 1 aliphatic rings. The minimum atomic E-state index is 0.915. The minimum Gasteiger partial charge on any atom is -0.314 e. The van der Waals surface area contributed by atoms with E-state index in [1.807, 2.05) is 22.7 Å². The molecule has 1 fully saturated rings. The predicted octanol–water partition coefficient (Wildman–Crippen LogP) is 1.86. The van der Waals surface area contributed by atoms with Gasteiger partial charge in [-0.15, -0.1) is 0 Å². The summed E-state index contributed by atoms with van der Waals surface area (Å²) in [6.07, 6.45) is 2.06. The second-order valence-corrected chi connectivity index (χ2v) is 6.21. The Morgan fingerprint density at radius 1 is 1.14 bits per heavy atom. The Kier molecular flexibility index (Phi) is 3.42. The first-order valence-corrected chi connectivity index (χ1v) is 8.04. The second-order valence-electron chi connectivity index (χ2n) is 5.26. The third kappa shape index (κ3) is 2.70. The zero-order valence-corrected chi connectivity index (χ0v) is 12.5. The molecule has 4 rings (SSSR count). The normalized spacial score (nSPS) is 16.6. The van der Waals surface area contributed by atoms with Crippen molar-refractivity contribution < 1.29 is 0 Å². The third-order valence-electron chi connectivity index (χ3n) is 3.71. The van der Waals surface area contributed by atoms with E-state index < -0.39 is 0 Å². The number of benzene rings is 1. The van der Waals surface area contributed by atoms with E-state index in [4.69, 9.17) is 4.98 Å². The molecule has 5 nitrogen and oxygen atoms in total. The van der Waals surface area contributed by atoms with Crippen LogP contribution in [0.4, 0.5) is 0 Å². The highest BCUT2D eigenvalue weighted by molar-refractivity contribution is 7.19. The summed E-state index contributed by atoms with van der Waals surface area (Å²) in [5.41, 5.74) is 2.26. The van der Waals surface area contributed by atoms with Crippen LogP contribution in [0.1, 0.15) is 5.69 Å². The van der Waals surface area contributed by atoms with Crippen molar-refractivity contribution in [3.05, 3.63) is 42.2 Å². The predicted molar refractivity (Wildman–Crippen MR) is 84.4 cm³/mol. The number of piperazine rings is 1. The Labute approximate surface area is 127 Å². The Morgan fingerprint density at radius 3 is 2.71 bits per heavy atom. The van der Waals surface area contributed by atoms with Crippen molar-refractivity contribution in [2.45, 2.75) is 6.54 Å². The van der Waals surface area contributed by atoms with Gasteiger partial charge in [0, 0.05) is 38.3 Å². The summed E-state index contributed by atoms with van der Waals surface area (Å²) in [4.78, 5) is 8.11. The fourth-order valence-corrected chi connectivity index (χ4v) is 3.52. The van der Waals surface area contributed by atoms with Gasteiger partial charge in [0.25, 0.3) is 0 Å². The van der Waals surface area contributed by atoms with E-state index in [2.05, 4.69) is 33.6 Å². The van der Waals surface area contributed by atoms with Gasteiger partial charge in [-0.3, -0.25) is 4.90 Å². The van der Waals surface area contributed by atoms with Crippen molar-refractivity contribution in [1.82, 2.24) is 24.8 Å². The van der Waals surface area contributed by atoms with Gasteiger partial charge in [-0.2, -0.15) is 5.10 Å². The Morgan fingerprint density at radius 2 is 1.95 bits per heavy atom. The summed E-state index contributed by atoms with van der Waals surface area (Å²) in [5.74, 6) is 0. The van der Waals surface area contributed by atoms with Gasteiger partial charge in [-0.05, 0) is 0 Å². The average molecular weight is 299 g/mol. The molecule has 0 spiro atoms. The van der Waals surface area contributed by atoms with Crippen molar-refractivity contribution in [2.24, 2.45) is 0 Å². The molecule has 1 aromatic carbocycles. The SMILES string of the molecule is c1ccc(-c2nn3cc(CN4CCNCC4)nc3s2)cc1. The molecule has 1 aliphatic heterocycles. The first kappa shape index (κ1) is 12.9. The number of imidazole rings is 1. The van der Waals surface area contributed by atoms with Crippen molar-refractivity contribution >= 4 is 16.3 Å². The van der Waals surface area contributed by atoms with Crippen LogP contribution >= 0.6 is 11.3 Å². The van der Waals surface area contributed by atoms with Crippen molar-refractivity contribution in [3.63, 3.8) is 0 Å². The van der Waals surface area contributed by atoms with Crippen LogP contribution in [-0.4, -0.2) is 45.7 Å². The van der Waals surface area contributed by atoms with E-state index in [9.17, 15) is 0 Å². The highest BCUT2D eigenvalue weighted by Gasteiger charge is 2.14. The van der Waals surface area contributed by atoms with E-state index in [0.29, 0.717) is 0 Å². The smallest absolute Gasteiger partial charge is 0.212 e. The molecule has 0 amide bonds. The molecule has 1 saturated heterocycles. The Hall–Kier alpha value is -1.76. The number of rotatable bonds is 3. The molecule has 21 heavy (non-hydrogen) atoms. The van der Waals surface area contributed by atoms with Gasteiger partial charge in [-0.25, -0.2) is 9.50 Å². The lowest BCUT2D eigenvalue weighted by Crippen LogP contribution is -2.42. The highest BCUT2D eigenvalue weighted by atomic mass is 32.1. The molecule has 3 heterocycles. The van der Waals surface area contributed by atoms with Crippen LogP contribution in [0.25, 0.3) is 15.5 Å². The van der Waals surface area contributed by atoms with Crippen molar-refractivity contribution in [2.75, 3.05) is 26.2 Å². The molecule has 108 valence electrons. The maximum Gasteiger partial charge on any atom is 0.212 e. The molecule has 0 radical (unpaired) electrons. The fourth-order valence-electron chi connectivity index (χ4n) is 2.62. The number of nitrogens with one attached hydrogen (secondary N) is 1. The Bertz CT molecular complexity index is 695. The lowest BCUT2D eigenvalue weighted by molar-refractivity contribution is 0.231. The van der Waals surface area contributed by atoms with Crippen LogP contribution in [0.3, 0.4) is 0 Å². The minimum absolute atomic E-state index is 0.915. The monoisotopic (exact) mass is 299 g/mol. The summed E-state index contributed by atoms with van der Waals surface area (Å²) in [7, 11) is 0. The highest BCUT2D eigenvalue weighted by Crippen LogP contribution is 2.25. The molecule has 0 bridgehead atoms.